The SMILES string of the molecule is Cc1cc2c3c(c1)C(C)(C)c1cc4c(cc1B3c1cc(C(C)(C)C)cc3c5cc(C(C)(C)C)ccc5n-2c13)c1cc(C(C)(C)C)ccc1n4-c1cccc(N(c2ccc(C(C)(C)C)cc2)c2ccc3c(c2)c2ccccc2n3-c2ccccc2)c1. The summed E-state index contributed by atoms with van der Waals surface area (Å²) < 4.78 is 7.64. The quantitative estimate of drug-likeness (QED) is 0.157. The van der Waals surface area contributed by atoms with E-state index in [-0.39, 0.29) is 33.8 Å². The Balaban J connectivity index is 0.985. The van der Waals surface area contributed by atoms with Gasteiger partial charge in [0.25, 0.3) is 0 Å². The molecule has 3 aromatic heterocycles. The Labute approximate surface area is 502 Å². The number of benzene rings is 10. The summed E-state index contributed by atoms with van der Waals surface area (Å²) in [5.74, 6) is 0. The maximum Gasteiger partial charge on any atom is 0.247 e. The van der Waals surface area contributed by atoms with E-state index in [1.807, 2.05) is 0 Å². The molecule has 15 rings (SSSR count). The van der Waals surface area contributed by atoms with Crippen molar-refractivity contribution in [3.05, 3.63) is 233 Å². The van der Waals surface area contributed by atoms with Gasteiger partial charge in [-0.2, -0.15) is 0 Å². The molecule has 2 aliphatic rings. The molecule has 13 aromatic rings. The largest absolute Gasteiger partial charge is 0.310 e. The lowest BCUT2D eigenvalue weighted by Gasteiger charge is -2.42. The van der Waals surface area contributed by atoms with Gasteiger partial charge in [0.2, 0.25) is 6.71 Å². The topological polar surface area (TPSA) is 18.0 Å². The van der Waals surface area contributed by atoms with Crippen LogP contribution in [0.2, 0.25) is 0 Å². The molecule has 0 bridgehead atoms. The standard InChI is InChI=1S/C80H77BN4/c1-48-38-65-74-73(39-48)85-71-36-31-51(78(8,9)10)41-60(71)63-42-52(79(11,12)13)43-67(75(63)85)81(74)66-46-62-59-40-50(77(5,6)7)30-35-69(59)84(72(62)47-64(66)80(65,14)15)56-25-21-24-55(44-56)82(54-32-28-49(29-33-54)76(2,3)4)57-34-37-70-61(45-57)58-26-19-20-27-68(58)83(70)53-22-17-16-18-23-53/h16-47H,1-15H3. The first-order valence-corrected chi connectivity index (χ1v) is 30.9. The van der Waals surface area contributed by atoms with Crippen LogP contribution in [0.4, 0.5) is 17.1 Å². The molecular formula is C80H77BN4. The summed E-state index contributed by atoms with van der Waals surface area (Å²) in [7, 11) is 0. The van der Waals surface area contributed by atoms with Crippen molar-refractivity contribution in [2.24, 2.45) is 0 Å². The maximum atomic E-state index is 2.65. The lowest BCUT2D eigenvalue weighted by molar-refractivity contribution is 0.590. The summed E-state index contributed by atoms with van der Waals surface area (Å²) in [5, 5.41) is 7.72. The van der Waals surface area contributed by atoms with E-state index in [1.54, 1.807) is 0 Å². The van der Waals surface area contributed by atoms with Crippen LogP contribution in [-0.4, -0.2) is 20.4 Å². The van der Waals surface area contributed by atoms with Crippen LogP contribution in [0.3, 0.4) is 0 Å². The molecule has 0 saturated heterocycles. The molecule has 0 saturated carbocycles. The van der Waals surface area contributed by atoms with E-state index in [2.05, 4.69) is 317 Å². The second kappa shape index (κ2) is 18.0. The van der Waals surface area contributed by atoms with Crippen molar-refractivity contribution in [1.29, 1.82) is 0 Å². The van der Waals surface area contributed by atoms with Crippen LogP contribution in [0.15, 0.2) is 194 Å². The average molecular weight is 1110 g/mol. The number of hydrogen-bond acceptors (Lipinski definition) is 1. The predicted molar refractivity (Wildman–Crippen MR) is 367 cm³/mol. The minimum Gasteiger partial charge on any atom is -0.310 e. The fourth-order valence-electron chi connectivity index (χ4n) is 14.8. The Morgan fingerprint density at radius 1 is 0.353 bits per heavy atom. The Morgan fingerprint density at radius 2 is 0.871 bits per heavy atom. The Hall–Kier alpha value is -8.54. The molecule has 0 radical (unpaired) electrons. The Kier molecular flexibility index (Phi) is 11.3. The zero-order valence-corrected chi connectivity index (χ0v) is 52.3. The van der Waals surface area contributed by atoms with Crippen molar-refractivity contribution in [2.75, 3.05) is 4.90 Å². The van der Waals surface area contributed by atoms with E-state index in [4.69, 9.17) is 0 Å². The van der Waals surface area contributed by atoms with Crippen molar-refractivity contribution in [3.63, 3.8) is 0 Å². The van der Waals surface area contributed by atoms with Gasteiger partial charge in [0.1, 0.15) is 0 Å². The van der Waals surface area contributed by atoms with E-state index >= 15 is 0 Å². The molecule has 4 nitrogen and oxygen atoms in total. The minimum absolute atomic E-state index is 0.0119. The van der Waals surface area contributed by atoms with Gasteiger partial charge in [0, 0.05) is 77.4 Å². The van der Waals surface area contributed by atoms with Crippen LogP contribution in [-0.2, 0) is 27.1 Å². The number of aromatic nitrogens is 3. The number of para-hydroxylation sites is 2. The number of aryl methyl sites for hydroxylation is 1. The van der Waals surface area contributed by atoms with Gasteiger partial charge in [-0.05, 0) is 188 Å². The maximum absolute atomic E-state index is 2.65. The molecule has 0 fully saturated rings. The lowest BCUT2D eigenvalue weighted by Crippen LogP contribution is -2.63. The fraction of sp³-hybridized carbons (Fsp3) is 0.250. The monoisotopic (exact) mass is 1100 g/mol. The van der Waals surface area contributed by atoms with E-state index in [9.17, 15) is 0 Å². The third kappa shape index (κ3) is 8.01. The van der Waals surface area contributed by atoms with Crippen molar-refractivity contribution >= 4 is 106 Å². The molecule has 0 spiro atoms. The van der Waals surface area contributed by atoms with Crippen molar-refractivity contribution in [1.82, 2.24) is 13.7 Å². The molecule has 85 heavy (non-hydrogen) atoms. The second-order valence-corrected chi connectivity index (χ2v) is 29.6. The van der Waals surface area contributed by atoms with Gasteiger partial charge in [-0.3, -0.25) is 0 Å². The van der Waals surface area contributed by atoms with E-state index in [0.717, 1.165) is 28.4 Å². The van der Waals surface area contributed by atoms with Gasteiger partial charge in [-0.15, -0.1) is 0 Å². The second-order valence-electron chi connectivity index (χ2n) is 29.6. The highest BCUT2D eigenvalue weighted by atomic mass is 15.1. The van der Waals surface area contributed by atoms with E-state index in [0.29, 0.717) is 0 Å². The Morgan fingerprint density at radius 3 is 1.54 bits per heavy atom. The molecule has 5 heterocycles. The Bertz CT molecular complexity index is 4950. The molecular weight excluding hydrogens is 1030 g/mol. The van der Waals surface area contributed by atoms with Gasteiger partial charge >= 0.3 is 0 Å². The molecule has 0 unspecified atom stereocenters. The summed E-state index contributed by atoms with van der Waals surface area (Å²) in [6.07, 6.45) is 0. The molecule has 0 aliphatic carbocycles. The van der Waals surface area contributed by atoms with Gasteiger partial charge in [0.15, 0.2) is 0 Å². The smallest absolute Gasteiger partial charge is 0.247 e. The first-order valence-electron chi connectivity index (χ1n) is 30.9. The van der Waals surface area contributed by atoms with E-state index < -0.39 is 0 Å². The van der Waals surface area contributed by atoms with Crippen LogP contribution in [0.1, 0.15) is 136 Å². The molecule has 0 amide bonds. The normalized spacial score (nSPS) is 14.1. The zero-order chi connectivity index (χ0) is 59.2. The molecule has 0 N–H and O–H groups in total. The first-order chi connectivity index (χ1) is 40.3. The zero-order valence-electron chi connectivity index (χ0n) is 52.3. The highest BCUT2D eigenvalue weighted by Gasteiger charge is 2.46. The van der Waals surface area contributed by atoms with Crippen LogP contribution < -0.4 is 21.3 Å². The summed E-state index contributed by atoms with van der Waals surface area (Å²) in [6, 6.07) is 75.3. The third-order valence-corrected chi connectivity index (χ3v) is 19.5. The summed E-state index contributed by atoms with van der Waals surface area (Å²) in [6.45, 7) is 35.4. The van der Waals surface area contributed by atoms with Crippen LogP contribution >= 0.6 is 0 Å². The number of hydrogen-bond donors (Lipinski definition) is 0. The summed E-state index contributed by atoms with van der Waals surface area (Å²) >= 11 is 0. The summed E-state index contributed by atoms with van der Waals surface area (Å²) in [4.78, 5) is 2.47. The van der Waals surface area contributed by atoms with Crippen molar-refractivity contribution < 1.29 is 0 Å². The fourth-order valence-corrected chi connectivity index (χ4v) is 14.8. The van der Waals surface area contributed by atoms with Crippen molar-refractivity contribution in [2.45, 2.75) is 131 Å². The molecule has 2 aliphatic heterocycles. The van der Waals surface area contributed by atoms with Gasteiger partial charge in [0.05, 0.1) is 27.6 Å². The van der Waals surface area contributed by atoms with Crippen LogP contribution in [0.5, 0.6) is 0 Å². The highest BCUT2D eigenvalue weighted by Crippen LogP contribution is 2.47. The molecule has 0 atom stereocenters. The number of rotatable bonds is 5. The van der Waals surface area contributed by atoms with E-state index in [1.165, 1.54) is 126 Å². The summed E-state index contributed by atoms with van der Waals surface area (Å²) in [5.41, 5.74) is 27.7. The molecule has 5 heteroatoms. The minimum atomic E-state index is -0.325. The average Bonchev–Trinajstić information content (AvgIpc) is 1.70. The van der Waals surface area contributed by atoms with Gasteiger partial charge in [-0.25, -0.2) is 0 Å². The van der Waals surface area contributed by atoms with Crippen LogP contribution in [0, 0.1) is 6.92 Å². The predicted octanol–water partition coefficient (Wildman–Crippen LogP) is 19.4. The first kappa shape index (κ1) is 53.2. The number of fused-ring (bicyclic) bond motifs is 13. The third-order valence-electron chi connectivity index (χ3n) is 19.5. The van der Waals surface area contributed by atoms with Crippen LogP contribution in [0.25, 0.3) is 82.5 Å². The van der Waals surface area contributed by atoms with Gasteiger partial charge < -0.3 is 18.6 Å². The van der Waals surface area contributed by atoms with Gasteiger partial charge in [-0.1, -0.05) is 187 Å². The number of nitrogens with zero attached hydrogens (tertiary/aromatic N) is 4. The lowest BCUT2D eigenvalue weighted by atomic mass is 9.30. The molecule has 10 aromatic carbocycles. The van der Waals surface area contributed by atoms with Crippen molar-refractivity contribution in [3.8, 4) is 17.1 Å². The molecule has 420 valence electrons. The highest BCUT2D eigenvalue weighted by molar-refractivity contribution is 6.99. The number of anilines is 3.